The van der Waals surface area contributed by atoms with Crippen molar-refractivity contribution in [1.29, 1.82) is 0 Å². The van der Waals surface area contributed by atoms with Crippen LogP contribution in [0.3, 0.4) is 0 Å². The molecule has 0 bridgehead atoms. The van der Waals surface area contributed by atoms with E-state index in [1.807, 2.05) is 31.2 Å². The summed E-state index contributed by atoms with van der Waals surface area (Å²) in [6, 6.07) is 7.66. The van der Waals surface area contributed by atoms with Crippen LogP contribution in [0.15, 0.2) is 24.3 Å². The lowest BCUT2D eigenvalue weighted by Gasteiger charge is -2.02. The van der Waals surface area contributed by atoms with Crippen LogP contribution >= 0.6 is 11.8 Å². The average Bonchev–Trinajstić information content (AvgIpc) is 2.34. The van der Waals surface area contributed by atoms with Crippen LogP contribution in [0.25, 0.3) is 0 Å². The maximum atomic E-state index is 11.3. The fraction of sp³-hybridized carbons (Fsp3) is 0.308. The number of thioether (sulfide) groups is 1. The normalized spacial score (nSPS) is 9.12. The zero-order valence-corrected chi connectivity index (χ0v) is 10.4. The Morgan fingerprint density at radius 1 is 1.38 bits per heavy atom. The predicted octanol–water partition coefficient (Wildman–Crippen LogP) is 2.30. The van der Waals surface area contributed by atoms with Gasteiger partial charge >= 0.3 is 0 Å². The average molecular weight is 233 g/mol. The van der Waals surface area contributed by atoms with Gasteiger partial charge in [0.1, 0.15) is 0 Å². The minimum atomic E-state index is -0.0453. The smallest absolute Gasteiger partial charge is 0.251 e. The first-order valence-corrected chi connectivity index (χ1v) is 6.21. The molecule has 0 unspecified atom stereocenters. The molecule has 0 atom stereocenters. The second kappa shape index (κ2) is 6.97. The first-order valence-electron chi connectivity index (χ1n) is 5.06. The molecule has 0 heterocycles. The van der Waals surface area contributed by atoms with Crippen LogP contribution in [0.5, 0.6) is 0 Å². The van der Waals surface area contributed by atoms with E-state index >= 15 is 0 Å². The third kappa shape index (κ3) is 4.00. The Morgan fingerprint density at radius 3 is 2.62 bits per heavy atom. The number of benzene rings is 1. The quantitative estimate of drug-likeness (QED) is 0.638. The van der Waals surface area contributed by atoms with Crippen molar-refractivity contribution in [3.63, 3.8) is 0 Å². The van der Waals surface area contributed by atoms with Crippen LogP contribution in [0, 0.1) is 11.8 Å². The molecular formula is C13H15NOS. The lowest BCUT2D eigenvalue weighted by atomic mass is 10.1. The van der Waals surface area contributed by atoms with Crippen LogP contribution in [0.4, 0.5) is 0 Å². The van der Waals surface area contributed by atoms with E-state index in [9.17, 15) is 4.79 Å². The van der Waals surface area contributed by atoms with Crippen molar-refractivity contribution in [2.45, 2.75) is 12.7 Å². The lowest BCUT2D eigenvalue weighted by Crippen LogP contribution is -2.17. The Labute approximate surface area is 101 Å². The molecule has 0 fully saturated rings. The Kier molecular flexibility index (Phi) is 5.52. The van der Waals surface area contributed by atoms with Gasteiger partial charge in [-0.1, -0.05) is 18.1 Å². The summed E-state index contributed by atoms with van der Waals surface area (Å²) >= 11 is 1.78. The molecule has 1 rings (SSSR count). The zero-order valence-electron chi connectivity index (χ0n) is 9.54. The minimum absolute atomic E-state index is 0.0453. The Bertz CT molecular complexity index is 400. The molecule has 84 valence electrons. The number of carbonyl (C=O) groups excluding carboxylic acids is 1. The molecule has 1 aromatic rings. The first kappa shape index (κ1) is 12.7. The van der Waals surface area contributed by atoms with Crippen molar-refractivity contribution in [2.75, 3.05) is 12.8 Å². The summed E-state index contributed by atoms with van der Waals surface area (Å²) in [5.74, 6) is 7.61. The maximum absolute atomic E-state index is 11.3. The van der Waals surface area contributed by atoms with Gasteiger partial charge in [0.15, 0.2) is 0 Å². The van der Waals surface area contributed by atoms with Crippen molar-refractivity contribution in [3.05, 3.63) is 35.4 Å². The minimum Gasteiger partial charge on any atom is -0.355 e. The monoisotopic (exact) mass is 233 g/mol. The standard InChI is InChI=1S/C13H15NOS/c1-3-4-9-16-10-11-5-7-12(8-6-11)13(15)14-2/h5-8H,9-10H2,1-2H3,(H,14,15). The van der Waals surface area contributed by atoms with Gasteiger partial charge < -0.3 is 5.32 Å². The second-order valence-corrected chi connectivity index (χ2v) is 4.18. The Balaban J connectivity index is 2.50. The van der Waals surface area contributed by atoms with E-state index in [-0.39, 0.29) is 5.91 Å². The molecule has 2 nitrogen and oxygen atoms in total. The first-order chi connectivity index (χ1) is 7.77. The Hall–Kier alpha value is -1.40. The third-order valence-electron chi connectivity index (χ3n) is 2.06. The highest BCUT2D eigenvalue weighted by molar-refractivity contribution is 7.98. The summed E-state index contributed by atoms with van der Waals surface area (Å²) in [5, 5.41) is 2.60. The molecule has 0 aromatic heterocycles. The van der Waals surface area contributed by atoms with Crippen molar-refractivity contribution < 1.29 is 4.79 Å². The molecule has 16 heavy (non-hydrogen) atoms. The largest absolute Gasteiger partial charge is 0.355 e. The number of amides is 1. The van der Waals surface area contributed by atoms with E-state index < -0.39 is 0 Å². The molecule has 0 spiro atoms. The van der Waals surface area contributed by atoms with E-state index in [2.05, 4.69) is 17.2 Å². The molecule has 1 N–H and O–H groups in total. The summed E-state index contributed by atoms with van der Waals surface area (Å²) in [7, 11) is 1.63. The molecular weight excluding hydrogens is 218 g/mol. The van der Waals surface area contributed by atoms with Crippen molar-refractivity contribution >= 4 is 17.7 Å². The third-order valence-corrected chi connectivity index (χ3v) is 2.95. The molecule has 0 saturated heterocycles. The lowest BCUT2D eigenvalue weighted by molar-refractivity contribution is 0.0963. The van der Waals surface area contributed by atoms with Gasteiger partial charge in [-0.3, -0.25) is 4.79 Å². The molecule has 0 radical (unpaired) electrons. The predicted molar refractivity (Wildman–Crippen MR) is 69.4 cm³/mol. The summed E-state index contributed by atoms with van der Waals surface area (Å²) < 4.78 is 0. The topological polar surface area (TPSA) is 29.1 Å². The molecule has 1 amide bonds. The van der Waals surface area contributed by atoms with Crippen LogP contribution in [-0.2, 0) is 5.75 Å². The number of hydrogen-bond donors (Lipinski definition) is 1. The molecule has 0 aliphatic carbocycles. The van der Waals surface area contributed by atoms with Crippen molar-refractivity contribution in [1.82, 2.24) is 5.32 Å². The highest BCUT2D eigenvalue weighted by Gasteiger charge is 2.01. The summed E-state index contributed by atoms with van der Waals surface area (Å²) in [4.78, 5) is 11.3. The van der Waals surface area contributed by atoms with Crippen LogP contribution < -0.4 is 5.32 Å². The van der Waals surface area contributed by atoms with E-state index in [0.29, 0.717) is 5.56 Å². The van der Waals surface area contributed by atoms with Gasteiger partial charge in [-0.25, -0.2) is 0 Å². The van der Waals surface area contributed by atoms with E-state index in [0.717, 1.165) is 11.5 Å². The SMILES string of the molecule is CC#CCSCc1ccc(C(=O)NC)cc1. The van der Waals surface area contributed by atoms with Crippen LogP contribution in [-0.4, -0.2) is 18.7 Å². The molecule has 3 heteroatoms. The highest BCUT2D eigenvalue weighted by atomic mass is 32.2. The van der Waals surface area contributed by atoms with E-state index in [1.54, 1.807) is 18.8 Å². The molecule has 0 aliphatic rings. The van der Waals surface area contributed by atoms with Gasteiger partial charge in [-0.2, -0.15) is 0 Å². The number of carbonyl (C=O) groups is 1. The fourth-order valence-electron chi connectivity index (χ4n) is 1.19. The Morgan fingerprint density at radius 2 is 2.06 bits per heavy atom. The van der Waals surface area contributed by atoms with Gasteiger partial charge in [0.05, 0.1) is 5.75 Å². The van der Waals surface area contributed by atoms with Gasteiger partial charge in [-0.05, 0) is 24.6 Å². The van der Waals surface area contributed by atoms with Gasteiger partial charge in [0, 0.05) is 18.4 Å². The highest BCUT2D eigenvalue weighted by Crippen LogP contribution is 2.12. The van der Waals surface area contributed by atoms with Gasteiger partial charge in [0.2, 0.25) is 0 Å². The van der Waals surface area contributed by atoms with Crippen LogP contribution in [0.2, 0.25) is 0 Å². The molecule has 0 saturated carbocycles. The zero-order chi connectivity index (χ0) is 11.8. The van der Waals surface area contributed by atoms with Crippen molar-refractivity contribution in [2.24, 2.45) is 0 Å². The summed E-state index contributed by atoms with van der Waals surface area (Å²) in [6.45, 7) is 1.85. The van der Waals surface area contributed by atoms with E-state index in [4.69, 9.17) is 0 Å². The van der Waals surface area contributed by atoms with Crippen molar-refractivity contribution in [3.8, 4) is 11.8 Å². The number of hydrogen-bond acceptors (Lipinski definition) is 2. The second-order valence-electron chi connectivity index (χ2n) is 3.20. The van der Waals surface area contributed by atoms with Crippen LogP contribution in [0.1, 0.15) is 22.8 Å². The fourth-order valence-corrected chi connectivity index (χ4v) is 1.97. The number of nitrogens with one attached hydrogen (secondary N) is 1. The molecule has 1 aromatic carbocycles. The molecule has 0 aliphatic heterocycles. The van der Waals surface area contributed by atoms with Gasteiger partial charge in [-0.15, -0.1) is 17.7 Å². The van der Waals surface area contributed by atoms with Gasteiger partial charge in [0.25, 0.3) is 5.91 Å². The number of rotatable bonds is 4. The summed E-state index contributed by atoms with van der Waals surface area (Å²) in [5.41, 5.74) is 1.92. The summed E-state index contributed by atoms with van der Waals surface area (Å²) in [6.07, 6.45) is 0. The maximum Gasteiger partial charge on any atom is 0.251 e. The van der Waals surface area contributed by atoms with E-state index in [1.165, 1.54) is 5.56 Å².